The van der Waals surface area contributed by atoms with Gasteiger partial charge in [-0.15, -0.1) is 0 Å². The molecule has 2 aromatic carbocycles. The van der Waals surface area contributed by atoms with E-state index in [4.69, 9.17) is 11.6 Å². The van der Waals surface area contributed by atoms with Crippen molar-refractivity contribution in [2.24, 2.45) is 0 Å². The molecule has 1 fully saturated rings. The van der Waals surface area contributed by atoms with E-state index < -0.39 is 27.9 Å². The number of aryl methyl sites for hydroxylation is 1. The molecule has 0 saturated carbocycles. The number of nitrogens with zero attached hydrogens (tertiary/aromatic N) is 2. The fourth-order valence-corrected chi connectivity index (χ4v) is 5.25. The van der Waals surface area contributed by atoms with Gasteiger partial charge in [0.05, 0.1) is 22.2 Å². The van der Waals surface area contributed by atoms with Crippen LogP contribution in [0.1, 0.15) is 18.4 Å². The maximum Gasteiger partial charge on any atom is 0.244 e. The Kier molecular flexibility index (Phi) is 6.80. The lowest BCUT2D eigenvalue weighted by Gasteiger charge is -2.27. The molecular weight excluding hydrogens is 426 g/mol. The third-order valence-corrected chi connectivity index (χ3v) is 7.27. The number of sulfonamides is 1. The molecule has 0 bridgehead atoms. The highest BCUT2D eigenvalue weighted by atomic mass is 35.5. The van der Waals surface area contributed by atoms with E-state index in [2.05, 4.69) is 5.32 Å². The van der Waals surface area contributed by atoms with Crippen LogP contribution in [0.4, 0.5) is 5.69 Å². The van der Waals surface area contributed by atoms with E-state index in [1.54, 1.807) is 48.5 Å². The zero-order valence-electron chi connectivity index (χ0n) is 16.8. The maximum atomic E-state index is 13.0. The molecule has 0 spiro atoms. The summed E-state index contributed by atoms with van der Waals surface area (Å²) in [4.78, 5) is 26.7. The molecule has 0 aromatic heterocycles. The van der Waals surface area contributed by atoms with Crippen molar-refractivity contribution in [2.45, 2.75) is 30.7 Å². The number of carbonyl (C=O) groups excluding carboxylic acids is 2. The summed E-state index contributed by atoms with van der Waals surface area (Å²) in [6.07, 6.45) is 1.00. The minimum Gasteiger partial charge on any atom is -0.335 e. The van der Waals surface area contributed by atoms with Gasteiger partial charge in [0, 0.05) is 13.6 Å². The molecule has 1 aliphatic heterocycles. The molecule has 1 heterocycles. The normalized spacial score (nSPS) is 17.0. The first kappa shape index (κ1) is 22.3. The Morgan fingerprint density at radius 2 is 1.83 bits per heavy atom. The largest absolute Gasteiger partial charge is 0.335 e. The van der Waals surface area contributed by atoms with Gasteiger partial charge in [0.1, 0.15) is 6.04 Å². The van der Waals surface area contributed by atoms with E-state index in [-0.39, 0.29) is 18.0 Å². The Bertz CT molecular complexity index is 1040. The number of carbonyl (C=O) groups is 2. The van der Waals surface area contributed by atoms with Crippen molar-refractivity contribution in [2.75, 3.05) is 25.5 Å². The topological polar surface area (TPSA) is 86.8 Å². The summed E-state index contributed by atoms with van der Waals surface area (Å²) in [6, 6.07) is 12.5. The first-order valence-electron chi connectivity index (χ1n) is 9.58. The van der Waals surface area contributed by atoms with E-state index in [0.717, 1.165) is 5.56 Å². The molecule has 9 heteroatoms. The Labute approximate surface area is 181 Å². The molecule has 2 amide bonds. The van der Waals surface area contributed by atoms with E-state index in [1.807, 2.05) is 6.92 Å². The first-order chi connectivity index (χ1) is 14.2. The van der Waals surface area contributed by atoms with Crippen LogP contribution in [-0.4, -0.2) is 55.6 Å². The minimum atomic E-state index is -3.80. The van der Waals surface area contributed by atoms with Gasteiger partial charge in [-0.3, -0.25) is 9.59 Å². The Morgan fingerprint density at radius 1 is 1.17 bits per heavy atom. The van der Waals surface area contributed by atoms with Crippen molar-refractivity contribution in [3.8, 4) is 0 Å². The molecule has 2 aromatic rings. The molecule has 30 heavy (non-hydrogen) atoms. The van der Waals surface area contributed by atoms with Crippen LogP contribution in [0.25, 0.3) is 0 Å². The van der Waals surface area contributed by atoms with Crippen LogP contribution in [0, 0.1) is 6.92 Å². The summed E-state index contributed by atoms with van der Waals surface area (Å²) in [5.41, 5.74) is 1.40. The first-order valence-corrected chi connectivity index (χ1v) is 11.4. The highest BCUT2D eigenvalue weighted by molar-refractivity contribution is 7.89. The number of rotatable bonds is 6. The second kappa shape index (κ2) is 9.16. The van der Waals surface area contributed by atoms with Crippen LogP contribution >= 0.6 is 11.6 Å². The summed E-state index contributed by atoms with van der Waals surface area (Å²) >= 11 is 6.04. The summed E-state index contributed by atoms with van der Waals surface area (Å²) in [6.45, 7) is 1.94. The lowest BCUT2D eigenvalue weighted by atomic mass is 10.2. The van der Waals surface area contributed by atoms with Crippen molar-refractivity contribution in [1.29, 1.82) is 0 Å². The van der Waals surface area contributed by atoms with Gasteiger partial charge < -0.3 is 10.2 Å². The molecule has 0 aliphatic carbocycles. The Hall–Kier alpha value is -2.42. The monoisotopic (exact) mass is 449 g/mol. The smallest absolute Gasteiger partial charge is 0.244 e. The quantitative estimate of drug-likeness (QED) is 0.734. The van der Waals surface area contributed by atoms with Gasteiger partial charge in [0.2, 0.25) is 21.8 Å². The van der Waals surface area contributed by atoms with Gasteiger partial charge in [-0.1, -0.05) is 41.4 Å². The lowest BCUT2D eigenvalue weighted by Crippen LogP contribution is -2.48. The summed E-state index contributed by atoms with van der Waals surface area (Å²) < 4.78 is 27.3. The van der Waals surface area contributed by atoms with Crippen molar-refractivity contribution in [3.05, 3.63) is 59.1 Å². The second-order valence-corrected chi connectivity index (χ2v) is 9.61. The highest BCUT2D eigenvalue weighted by Crippen LogP contribution is 2.27. The number of hydrogen-bond donors (Lipinski definition) is 1. The van der Waals surface area contributed by atoms with Crippen LogP contribution in [0.3, 0.4) is 0 Å². The average Bonchev–Trinajstić information content (AvgIpc) is 3.20. The average molecular weight is 450 g/mol. The molecule has 7 nitrogen and oxygen atoms in total. The van der Waals surface area contributed by atoms with Crippen molar-refractivity contribution >= 4 is 39.1 Å². The Morgan fingerprint density at radius 3 is 2.50 bits per heavy atom. The number of hydrogen-bond acceptors (Lipinski definition) is 4. The molecule has 1 saturated heterocycles. The number of amides is 2. The number of anilines is 1. The van der Waals surface area contributed by atoms with Gasteiger partial charge in [-0.25, -0.2) is 8.42 Å². The molecule has 160 valence electrons. The van der Waals surface area contributed by atoms with Crippen LogP contribution in [0.2, 0.25) is 5.02 Å². The van der Waals surface area contributed by atoms with Crippen LogP contribution in [0.5, 0.6) is 0 Å². The van der Waals surface area contributed by atoms with Gasteiger partial charge in [-0.05, 0) is 44.0 Å². The van der Waals surface area contributed by atoms with E-state index in [1.165, 1.54) is 16.3 Å². The number of halogens is 1. The summed E-state index contributed by atoms with van der Waals surface area (Å²) in [5, 5.41) is 3.06. The minimum absolute atomic E-state index is 0.159. The van der Waals surface area contributed by atoms with Crippen LogP contribution < -0.4 is 5.32 Å². The van der Waals surface area contributed by atoms with Crippen LogP contribution in [0.15, 0.2) is 53.4 Å². The molecular formula is C21H24ClN3O4S. The Balaban J connectivity index is 1.69. The second-order valence-electron chi connectivity index (χ2n) is 7.31. The third-order valence-electron chi connectivity index (χ3n) is 5.02. The molecule has 1 aliphatic rings. The SMILES string of the molecule is Cc1ccc(S(=O)(=O)N2CCC[C@H]2C(=O)N(C)CC(=O)Nc2ccccc2Cl)cc1. The fourth-order valence-electron chi connectivity index (χ4n) is 3.42. The molecule has 1 N–H and O–H groups in total. The zero-order valence-corrected chi connectivity index (χ0v) is 18.4. The molecule has 0 unspecified atom stereocenters. The van der Waals surface area contributed by atoms with Gasteiger partial charge in [0.25, 0.3) is 0 Å². The number of likely N-dealkylation sites (N-methyl/N-ethyl adjacent to an activating group) is 1. The zero-order chi connectivity index (χ0) is 21.9. The summed E-state index contributed by atoms with van der Waals surface area (Å²) in [7, 11) is -2.31. The van der Waals surface area contributed by atoms with Crippen molar-refractivity contribution in [1.82, 2.24) is 9.21 Å². The maximum absolute atomic E-state index is 13.0. The van der Waals surface area contributed by atoms with E-state index in [9.17, 15) is 18.0 Å². The van der Waals surface area contributed by atoms with Gasteiger partial charge in [-0.2, -0.15) is 4.31 Å². The fraction of sp³-hybridized carbons (Fsp3) is 0.333. The summed E-state index contributed by atoms with van der Waals surface area (Å²) in [5.74, 6) is -0.817. The third kappa shape index (κ3) is 4.83. The number of nitrogens with one attached hydrogen (secondary N) is 1. The van der Waals surface area contributed by atoms with E-state index in [0.29, 0.717) is 23.6 Å². The highest BCUT2D eigenvalue weighted by Gasteiger charge is 2.40. The molecule has 3 rings (SSSR count). The lowest BCUT2D eigenvalue weighted by molar-refractivity contribution is -0.136. The van der Waals surface area contributed by atoms with Gasteiger partial charge >= 0.3 is 0 Å². The predicted octanol–water partition coefficient (Wildman–Crippen LogP) is 2.90. The van der Waals surface area contributed by atoms with Crippen LogP contribution in [-0.2, 0) is 19.6 Å². The number of para-hydroxylation sites is 1. The molecule has 1 atom stereocenters. The van der Waals surface area contributed by atoms with Gasteiger partial charge in [0.15, 0.2) is 0 Å². The van der Waals surface area contributed by atoms with E-state index >= 15 is 0 Å². The number of benzene rings is 2. The van der Waals surface area contributed by atoms with Crippen molar-refractivity contribution in [3.63, 3.8) is 0 Å². The standard InChI is InChI=1S/C21H24ClN3O4S/c1-15-9-11-16(12-10-15)30(28,29)25-13-5-8-19(25)21(27)24(2)14-20(26)23-18-7-4-3-6-17(18)22/h3-4,6-7,9-12,19H,5,8,13-14H2,1-2H3,(H,23,26)/t19-/m0/s1. The predicted molar refractivity (Wildman–Crippen MR) is 116 cm³/mol. The molecule has 0 radical (unpaired) electrons. The van der Waals surface area contributed by atoms with Crippen molar-refractivity contribution < 1.29 is 18.0 Å².